The molecule has 0 saturated carbocycles. The Labute approximate surface area is 234 Å². The molecule has 0 atom stereocenters. The van der Waals surface area contributed by atoms with Crippen molar-refractivity contribution in [1.82, 2.24) is 10.6 Å². The largest absolute Gasteiger partial charge is 0.507 e. The third-order valence-electron chi connectivity index (χ3n) is 5.38. The standard InChI is InChI=1S/C33H46N2O4/c1-2-3-4-5-6-7-8-9-10-11-12-13-14-15-16-17-18-19-20-25-32(37)34-26-28-39-29-27-35-33(38)30-23-21-22-24-31(30)36/h3-4,6-7,9-10,12-13,15-16,18-19,21-24,36H,2,5,8,11,14,17,20,25-29H2,1H3,(H,34,37)(H,35,38)/b4-3-,7-6-,10-9-,13-12-,16-15-,19-18-. The average Bonchev–Trinajstić information content (AvgIpc) is 2.94. The Hall–Kier alpha value is -3.64. The first kappa shape index (κ1) is 33.4. The van der Waals surface area contributed by atoms with Gasteiger partial charge in [-0.15, -0.1) is 0 Å². The molecule has 0 aromatic heterocycles. The van der Waals surface area contributed by atoms with Crippen molar-refractivity contribution in [2.45, 2.75) is 58.3 Å². The molecule has 212 valence electrons. The number of hydrogen-bond donors (Lipinski definition) is 3. The summed E-state index contributed by atoms with van der Waals surface area (Å²) in [5.74, 6) is -0.409. The lowest BCUT2D eigenvalue weighted by Gasteiger charge is -2.08. The van der Waals surface area contributed by atoms with Gasteiger partial charge in [0.25, 0.3) is 5.91 Å². The quantitative estimate of drug-likeness (QED) is 0.120. The van der Waals surface area contributed by atoms with E-state index in [2.05, 4.69) is 84.4 Å². The Kier molecular flexibility index (Phi) is 21.1. The highest BCUT2D eigenvalue weighted by Gasteiger charge is 2.08. The first-order valence-electron chi connectivity index (χ1n) is 14.0. The molecule has 0 unspecified atom stereocenters. The molecule has 0 aliphatic carbocycles. The van der Waals surface area contributed by atoms with E-state index >= 15 is 0 Å². The number of aromatic hydroxyl groups is 1. The van der Waals surface area contributed by atoms with Gasteiger partial charge in [-0.25, -0.2) is 0 Å². The van der Waals surface area contributed by atoms with Gasteiger partial charge < -0.3 is 20.5 Å². The maximum atomic E-state index is 12.0. The summed E-state index contributed by atoms with van der Waals surface area (Å²) in [6.07, 6.45) is 33.0. The van der Waals surface area contributed by atoms with Crippen LogP contribution in [0.1, 0.15) is 68.6 Å². The van der Waals surface area contributed by atoms with E-state index in [0.717, 1.165) is 38.5 Å². The van der Waals surface area contributed by atoms with Crippen molar-refractivity contribution in [3.63, 3.8) is 0 Å². The van der Waals surface area contributed by atoms with Gasteiger partial charge in [0.1, 0.15) is 5.75 Å². The minimum absolute atomic E-state index is 0.00835. The number of carbonyl (C=O) groups is 2. The van der Waals surface area contributed by atoms with Gasteiger partial charge in [-0.3, -0.25) is 9.59 Å². The van der Waals surface area contributed by atoms with Crippen LogP contribution < -0.4 is 10.6 Å². The van der Waals surface area contributed by atoms with Crippen LogP contribution in [-0.2, 0) is 9.53 Å². The summed E-state index contributed by atoms with van der Waals surface area (Å²) in [6.45, 7) is 3.60. The molecule has 0 spiro atoms. The predicted octanol–water partition coefficient (Wildman–Crippen LogP) is 6.73. The van der Waals surface area contributed by atoms with Crippen LogP contribution in [0.3, 0.4) is 0 Å². The maximum absolute atomic E-state index is 12.0. The van der Waals surface area contributed by atoms with E-state index in [4.69, 9.17) is 4.74 Å². The molecule has 39 heavy (non-hydrogen) atoms. The lowest BCUT2D eigenvalue weighted by atomic mass is 10.2. The van der Waals surface area contributed by atoms with Crippen molar-refractivity contribution < 1.29 is 19.4 Å². The van der Waals surface area contributed by atoms with Crippen LogP contribution in [0, 0.1) is 0 Å². The van der Waals surface area contributed by atoms with Gasteiger partial charge in [0.2, 0.25) is 5.91 Å². The van der Waals surface area contributed by atoms with Crippen molar-refractivity contribution >= 4 is 11.8 Å². The number of phenols is 1. The third kappa shape index (κ3) is 20.1. The number of hydrogen-bond acceptors (Lipinski definition) is 4. The van der Waals surface area contributed by atoms with Gasteiger partial charge in [0.05, 0.1) is 18.8 Å². The van der Waals surface area contributed by atoms with Crippen LogP contribution >= 0.6 is 0 Å². The molecule has 6 heteroatoms. The van der Waals surface area contributed by atoms with Crippen LogP contribution in [0.15, 0.2) is 97.2 Å². The smallest absolute Gasteiger partial charge is 0.255 e. The molecule has 0 saturated heterocycles. The van der Waals surface area contributed by atoms with Crippen molar-refractivity contribution in [2.75, 3.05) is 26.3 Å². The predicted molar refractivity (Wildman–Crippen MR) is 162 cm³/mol. The maximum Gasteiger partial charge on any atom is 0.255 e. The first-order valence-corrected chi connectivity index (χ1v) is 14.0. The lowest BCUT2D eigenvalue weighted by molar-refractivity contribution is -0.121. The normalized spacial score (nSPS) is 12.2. The number of para-hydroxylation sites is 1. The van der Waals surface area contributed by atoms with Gasteiger partial charge >= 0.3 is 0 Å². The van der Waals surface area contributed by atoms with E-state index in [1.54, 1.807) is 18.2 Å². The fourth-order valence-corrected chi connectivity index (χ4v) is 3.30. The Morgan fingerprint density at radius 3 is 1.74 bits per heavy atom. The van der Waals surface area contributed by atoms with Crippen molar-refractivity contribution in [1.29, 1.82) is 0 Å². The van der Waals surface area contributed by atoms with Gasteiger partial charge in [-0.05, 0) is 57.1 Å². The molecule has 0 fully saturated rings. The molecule has 0 radical (unpaired) electrons. The highest BCUT2D eigenvalue weighted by molar-refractivity contribution is 5.96. The zero-order valence-corrected chi connectivity index (χ0v) is 23.4. The molecule has 0 heterocycles. The number of carbonyl (C=O) groups excluding carboxylic acids is 2. The van der Waals surface area contributed by atoms with E-state index in [1.807, 2.05) is 6.08 Å². The summed E-state index contributed by atoms with van der Waals surface area (Å²) in [4.78, 5) is 23.8. The number of benzene rings is 1. The second kappa shape index (κ2) is 24.7. The zero-order valence-electron chi connectivity index (χ0n) is 23.4. The minimum atomic E-state index is -0.348. The van der Waals surface area contributed by atoms with Crippen LogP contribution in [0.5, 0.6) is 5.75 Å². The molecule has 1 aromatic rings. The minimum Gasteiger partial charge on any atom is -0.507 e. The molecule has 1 rings (SSSR count). The fourth-order valence-electron chi connectivity index (χ4n) is 3.30. The summed E-state index contributed by atoms with van der Waals surface area (Å²) < 4.78 is 5.42. The highest BCUT2D eigenvalue weighted by Crippen LogP contribution is 2.14. The van der Waals surface area contributed by atoms with Crippen LogP contribution in [0.2, 0.25) is 0 Å². The monoisotopic (exact) mass is 534 g/mol. The molecule has 6 nitrogen and oxygen atoms in total. The van der Waals surface area contributed by atoms with Gasteiger partial charge in [0.15, 0.2) is 0 Å². The Morgan fingerprint density at radius 2 is 1.21 bits per heavy atom. The van der Waals surface area contributed by atoms with Crippen molar-refractivity contribution in [3.05, 3.63) is 103 Å². The molecule has 2 amide bonds. The first-order chi connectivity index (χ1) is 19.1. The SMILES string of the molecule is CC/C=C\C/C=C\C/C=C\C/C=C\C/C=C\C/C=C\CCC(=O)NCCOCCNC(=O)c1ccccc1O. The van der Waals surface area contributed by atoms with E-state index in [9.17, 15) is 14.7 Å². The number of amides is 2. The summed E-state index contributed by atoms with van der Waals surface area (Å²) in [6, 6.07) is 6.38. The van der Waals surface area contributed by atoms with Crippen LogP contribution in [0.4, 0.5) is 0 Å². The third-order valence-corrected chi connectivity index (χ3v) is 5.38. The van der Waals surface area contributed by atoms with Crippen LogP contribution in [0.25, 0.3) is 0 Å². The number of phenolic OH excluding ortho intramolecular Hbond substituents is 1. The highest BCUT2D eigenvalue weighted by atomic mass is 16.5. The average molecular weight is 535 g/mol. The van der Waals surface area contributed by atoms with Crippen molar-refractivity contribution in [3.8, 4) is 5.75 Å². The van der Waals surface area contributed by atoms with Gasteiger partial charge in [-0.1, -0.05) is 92.0 Å². The van der Waals surface area contributed by atoms with Crippen LogP contribution in [-0.4, -0.2) is 43.2 Å². The summed E-state index contributed by atoms with van der Waals surface area (Å²) >= 11 is 0. The Morgan fingerprint density at radius 1 is 0.718 bits per heavy atom. The molecule has 1 aromatic carbocycles. The number of allylic oxidation sites excluding steroid dienone is 12. The lowest BCUT2D eigenvalue weighted by Crippen LogP contribution is -2.30. The fraction of sp³-hybridized carbons (Fsp3) is 0.394. The topological polar surface area (TPSA) is 87.7 Å². The zero-order chi connectivity index (χ0) is 28.2. The van der Waals surface area contributed by atoms with E-state index in [1.165, 1.54) is 6.07 Å². The molecule has 3 N–H and O–H groups in total. The molecular weight excluding hydrogens is 488 g/mol. The van der Waals surface area contributed by atoms with E-state index in [0.29, 0.717) is 39.1 Å². The van der Waals surface area contributed by atoms with Crippen molar-refractivity contribution in [2.24, 2.45) is 0 Å². The summed E-state index contributed by atoms with van der Waals surface area (Å²) in [7, 11) is 0. The van der Waals surface area contributed by atoms with E-state index < -0.39 is 0 Å². The molecule has 0 aliphatic heterocycles. The van der Waals surface area contributed by atoms with E-state index in [-0.39, 0.29) is 23.1 Å². The second-order valence-corrected chi connectivity index (χ2v) is 8.69. The van der Waals surface area contributed by atoms with Gasteiger partial charge in [-0.2, -0.15) is 0 Å². The molecule has 0 aliphatic rings. The number of ether oxygens (including phenoxy) is 1. The molecule has 0 bridgehead atoms. The Bertz CT molecular complexity index is 974. The molecular formula is C33H46N2O4. The van der Waals surface area contributed by atoms with Gasteiger partial charge in [0, 0.05) is 19.5 Å². The number of rotatable bonds is 21. The second-order valence-electron chi connectivity index (χ2n) is 8.69. The summed E-state index contributed by atoms with van der Waals surface area (Å²) in [5, 5.41) is 15.2. The Balaban J connectivity index is 1.93. The summed E-state index contributed by atoms with van der Waals surface area (Å²) in [5.41, 5.74) is 0.233. The number of nitrogens with one attached hydrogen (secondary N) is 2.